The molecule has 0 radical (unpaired) electrons. The van der Waals surface area contributed by atoms with Crippen LogP contribution in [0, 0.1) is 0 Å². The lowest BCUT2D eigenvalue weighted by atomic mass is 10.1. The number of nitrogens with zero attached hydrogens (tertiary/aromatic N) is 3. The van der Waals surface area contributed by atoms with Crippen molar-refractivity contribution in [1.82, 2.24) is 14.8 Å². The van der Waals surface area contributed by atoms with E-state index in [1.54, 1.807) is 7.11 Å². The molecule has 112 valence electrons. The second-order valence-corrected chi connectivity index (χ2v) is 5.11. The summed E-state index contributed by atoms with van der Waals surface area (Å²) in [6.45, 7) is 1.80. The lowest BCUT2D eigenvalue weighted by Crippen LogP contribution is -2.15. The molecule has 0 amide bonds. The first-order valence-corrected chi connectivity index (χ1v) is 7.22. The van der Waals surface area contributed by atoms with Crippen molar-refractivity contribution in [3.05, 3.63) is 35.4 Å². The molecule has 1 aliphatic rings. The van der Waals surface area contributed by atoms with Gasteiger partial charge in [0.15, 0.2) is 5.82 Å². The molecule has 3 rings (SSSR count). The molecule has 0 saturated carbocycles. The zero-order valence-corrected chi connectivity index (χ0v) is 12.2. The highest BCUT2D eigenvalue weighted by Crippen LogP contribution is 2.25. The minimum absolute atomic E-state index is 0.407. The zero-order valence-electron chi connectivity index (χ0n) is 12.2. The summed E-state index contributed by atoms with van der Waals surface area (Å²) in [6.07, 6.45) is 3.37. The van der Waals surface area contributed by atoms with Crippen molar-refractivity contribution in [2.75, 3.05) is 7.11 Å². The lowest BCUT2D eigenvalue weighted by molar-refractivity contribution is 0.282. The molecule has 0 atom stereocenters. The number of methoxy groups -OCH3 is 1. The van der Waals surface area contributed by atoms with E-state index in [4.69, 9.17) is 15.2 Å². The van der Waals surface area contributed by atoms with Crippen LogP contribution < -0.4 is 15.2 Å². The number of ether oxygens (including phenoxy) is 2. The molecule has 21 heavy (non-hydrogen) atoms. The van der Waals surface area contributed by atoms with Crippen LogP contribution in [0.3, 0.4) is 0 Å². The van der Waals surface area contributed by atoms with Gasteiger partial charge >= 0.3 is 0 Å². The molecule has 1 aromatic heterocycles. The fraction of sp³-hybridized carbons (Fsp3) is 0.467. The molecule has 0 fully saturated rings. The first-order chi connectivity index (χ1) is 10.3. The van der Waals surface area contributed by atoms with Crippen molar-refractivity contribution in [2.45, 2.75) is 39.0 Å². The molecule has 0 spiro atoms. The molecule has 0 unspecified atom stereocenters. The number of aromatic nitrogens is 3. The second-order valence-electron chi connectivity index (χ2n) is 5.11. The average molecular weight is 288 g/mol. The summed E-state index contributed by atoms with van der Waals surface area (Å²) in [7, 11) is 1.64. The van der Waals surface area contributed by atoms with Gasteiger partial charge in [0, 0.05) is 25.1 Å². The fourth-order valence-corrected chi connectivity index (χ4v) is 2.60. The molecule has 6 nitrogen and oxygen atoms in total. The predicted molar refractivity (Wildman–Crippen MR) is 78.2 cm³/mol. The first kappa shape index (κ1) is 13.9. The highest BCUT2D eigenvalue weighted by atomic mass is 16.5. The lowest BCUT2D eigenvalue weighted by Gasteiger charge is -2.16. The van der Waals surface area contributed by atoms with Crippen molar-refractivity contribution in [1.29, 1.82) is 0 Å². The Hall–Kier alpha value is -2.08. The first-order valence-electron chi connectivity index (χ1n) is 7.22. The summed E-state index contributed by atoms with van der Waals surface area (Å²) < 4.78 is 13.2. The van der Waals surface area contributed by atoms with Gasteiger partial charge in [-0.3, -0.25) is 0 Å². The van der Waals surface area contributed by atoms with E-state index in [0.717, 1.165) is 41.7 Å². The molecular weight excluding hydrogens is 268 g/mol. The number of nitrogens with two attached hydrogens (primary N) is 1. The van der Waals surface area contributed by atoms with Crippen molar-refractivity contribution in [3.63, 3.8) is 0 Å². The molecule has 0 aliphatic carbocycles. The Bertz CT molecular complexity index is 624. The molecule has 2 heterocycles. The van der Waals surface area contributed by atoms with Crippen LogP contribution >= 0.6 is 0 Å². The Labute approximate surface area is 123 Å². The van der Waals surface area contributed by atoms with Crippen LogP contribution in [0.25, 0.3) is 0 Å². The largest absolute Gasteiger partial charge is 0.497 e. The van der Waals surface area contributed by atoms with Gasteiger partial charge in [-0.25, -0.2) is 0 Å². The monoisotopic (exact) mass is 288 g/mol. The third-order valence-corrected chi connectivity index (χ3v) is 3.78. The van der Waals surface area contributed by atoms with Gasteiger partial charge in [-0.2, -0.15) is 0 Å². The van der Waals surface area contributed by atoms with Crippen LogP contribution in [0.4, 0.5) is 0 Å². The number of benzene rings is 1. The van der Waals surface area contributed by atoms with Gasteiger partial charge in [0.25, 0.3) is 0 Å². The molecule has 0 bridgehead atoms. The molecular formula is C15H20N4O2. The molecule has 1 aromatic carbocycles. The highest BCUT2D eigenvalue weighted by Gasteiger charge is 2.16. The summed E-state index contributed by atoms with van der Waals surface area (Å²) in [5.41, 5.74) is 6.69. The maximum atomic E-state index is 5.88. The fourth-order valence-electron chi connectivity index (χ4n) is 2.60. The van der Waals surface area contributed by atoms with Crippen LogP contribution in [0.5, 0.6) is 11.5 Å². The van der Waals surface area contributed by atoms with Gasteiger partial charge in [0.2, 0.25) is 0 Å². The average Bonchev–Trinajstić information content (AvgIpc) is 2.96. The summed E-state index contributed by atoms with van der Waals surface area (Å²) in [5.74, 6) is 3.49. The van der Waals surface area contributed by atoms with Crippen LogP contribution in [0.2, 0.25) is 0 Å². The van der Waals surface area contributed by atoms with E-state index in [2.05, 4.69) is 14.8 Å². The summed E-state index contributed by atoms with van der Waals surface area (Å²) in [6, 6.07) is 5.65. The number of fused-ring (bicyclic) bond motifs is 1. The smallest absolute Gasteiger partial charge is 0.171 e. The Kier molecular flexibility index (Phi) is 4.06. The molecule has 0 saturated heterocycles. The minimum atomic E-state index is 0.407. The molecule has 6 heteroatoms. The highest BCUT2D eigenvalue weighted by molar-refractivity contribution is 5.40. The summed E-state index contributed by atoms with van der Waals surface area (Å²) in [5, 5.41) is 8.46. The van der Waals surface area contributed by atoms with E-state index in [1.165, 1.54) is 12.8 Å². The SMILES string of the molecule is COc1ccc(OCc2nnc3n2CCCC3)c(CN)c1. The van der Waals surface area contributed by atoms with E-state index in [-0.39, 0.29) is 0 Å². The van der Waals surface area contributed by atoms with Gasteiger partial charge in [0.05, 0.1) is 7.11 Å². The Morgan fingerprint density at radius 3 is 3.00 bits per heavy atom. The molecule has 2 N–H and O–H groups in total. The van der Waals surface area contributed by atoms with Crippen molar-refractivity contribution < 1.29 is 9.47 Å². The maximum absolute atomic E-state index is 5.88. The normalized spacial score (nSPS) is 13.8. The Balaban J connectivity index is 1.74. The van der Waals surface area contributed by atoms with E-state index < -0.39 is 0 Å². The zero-order chi connectivity index (χ0) is 14.7. The van der Waals surface area contributed by atoms with E-state index in [9.17, 15) is 0 Å². The number of rotatable bonds is 5. The minimum Gasteiger partial charge on any atom is -0.497 e. The van der Waals surface area contributed by atoms with E-state index in [0.29, 0.717) is 13.2 Å². The van der Waals surface area contributed by atoms with Crippen molar-refractivity contribution >= 4 is 0 Å². The van der Waals surface area contributed by atoms with Crippen LogP contribution in [0.15, 0.2) is 18.2 Å². The van der Waals surface area contributed by atoms with Crippen molar-refractivity contribution in [2.24, 2.45) is 5.73 Å². The standard InChI is InChI=1S/C15H20N4O2/c1-20-12-5-6-13(11(8-12)9-16)21-10-15-18-17-14-4-2-3-7-19(14)15/h5-6,8H,2-4,7,9-10,16H2,1H3. The van der Waals surface area contributed by atoms with Crippen molar-refractivity contribution in [3.8, 4) is 11.5 Å². The quantitative estimate of drug-likeness (QED) is 0.905. The third kappa shape index (κ3) is 2.85. The number of hydrogen-bond donors (Lipinski definition) is 1. The molecule has 2 aromatic rings. The van der Waals surface area contributed by atoms with Crippen LogP contribution in [0.1, 0.15) is 30.1 Å². The summed E-state index contributed by atoms with van der Waals surface area (Å²) in [4.78, 5) is 0. The Morgan fingerprint density at radius 2 is 2.19 bits per heavy atom. The van der Waals surface area contributed by atoms with E-state index in [1.807, 2.05) is 18.2 Å². The Morgan fingerprint density at radius 1 is 1.29 bits per heavy atom. The number of aryl methyl sites for hydroxylation is 1. The van der Waals surface area contributed by atoms with Crippen LogP contribution in [-0.2, 0) is 26.1 Å². The van der Waals surface area contributed by atoms with Gasteiger partial charge < -0.3 is 19.8 Å². The maximum Gasteiger partial charge on any atom is 0.171 e. The predicted octanol–water partition coefficient (Wildman–Crippen LogP) is 1.66. The van der Waals surface area contributed by atoms with E-state index >= 15 is 0 Å². The third-order valence-electron chi connectivity index (χ3n) is 3.78. The van der Waals surface area contributed by atoms with Gasteiger partial charge in [0.1, 0.15) is 23.9 Å². The number of hydrogen-bond acceptors (Lipinski definition) is 5. The van der Waals surface area contributed by atoms with Gasteiger partial charge in [-0.05, 0) is 31.0 Å². The topological polar surface area (TPSA) is 75.2 Å². The van der Waals surface area contributed by atoms with Gasteiger partial charge in [-0.15, -0.1) is 10.2 Å². The van der Waals surface area contributed by atoms with Crippen LogP contribution in [-0.4, -0.2) is 21.9 Å². The van der Waals surface area contributed by atoms with Gasteiger partial charge in [-0.1, -0.05) is 0 Å². The summed E-state index contributed by atoms with van der Waals surface area (Å²) >= 11 is 0. The molecule has 1 aliphatic heterocycles. The second kappa shape index (κ2) is 6.13.